The number of nitrogens with zero attached hydrogens (tertiary/aromatic N) is 1. The van der Waals surface area contributed by atoms with Gasteiger partial charge < -0.3 is 14.8 Å². The predicted molar refractivity (Wildman–Crippen MR) is 143 cm³/mol. The lowest BCUT2D eigenvalue weighted by molar-refractivity contribution is -0.112. The molecule has 2 aromatic carbocycles. The molecule has 3 rings (SSSR count). The molecule has 0 spiro atoms. The summed E-state index contributed by atoms with van der Waals surface area (Å²) in [6.45, 7) is 4.61. The van der Waals surface area contributed by atoms with Crippen molar-refractivity contribution in [2.24, 2.45) is 0 Å². The molecular weight excluding hydrogens is 528 g/mol. The number of nitrogens with one attached hydrogen (secondary N) is 1. The molecule has 1 heterocycles. The Kier molecular flexibility index (Phi) is 9.24. The molecule has 0 fully saturated rings. The van der Waals surface area contributed by atoms with Crippen molar-refractivity contribution in [2.45, 2.75) is 26.7 Å². The molecule has 0 radical (unpaired) electrons. The third-order valence-electron chi connectivity index (χ3n) is 5.16. The van der Waals surface area contributed by atoms with Crippen LogP contribution in [0.4, 0.5) is 5.00 Å². The van der Waals surface area contributed by atoms with Gasteiger partial charge in [0.05, 0.1) is 13.7 Å². The Bertz CT molecular complexity index is 1270. The first-order valence-corrected chi connectivity index (χ1v) is 12.6. The number of ether oxygens (including phenoxy) is 2. The molecule has 1 aromatic heterocycles. The van der Waals surface area contributed by atoms with E-state index in [1.165, 1.54) is 24.5 Å². The first kappa shape index (κ1) is 26.2. The maximum atomic E-state index is 13.0. The maximum absolute atomic E-state index is 13.0. The highest BCUT2D eigenvalue weighted by Crippen LogP contribution is 2.40. The number of nitriles is 1. The van der Waals surface area contributed by atoms with Crippen molar-refractivity contribution >= 4 is 50.2 Å². The molecule has 0 aliphatic heterocycles. The number of benzene rings is 2. The van der Waals surface area contributed by atoms with E-state index in [0.29, 0.717) is 22.7 Å². The van der Waals surface area contributed by atoms with Crippen molar-refractivity contribution in [1.29, 1.82) is 5.26 Å². The van der Waals surface area contributed by atoms with E-state index in [2.05, 4.69) is 28.2 Å². The van der Waals surface area contributed by atoms with Crippen LogP contribution in [0.3, 0.4) is 0 Å². The largest absolute Gasteiger partial charge is 0.494 e. The van der Waals surface area contributed by atoms with Crippen LogP contribution < -0.4 is 10.1 Å². The van der Waals surface area contributed by atoms with E-state index in [-0.39, 0.29) is 11.1 Å². The Labute approximate surface area is 217 Å². The highest BCUT2D eigenvalue weighted by atomic mass is 79.9. The van der Waals surface area contributed by atoms with Crippen molar-refractivity contribution in [2.75, 3.05) is 19.0 Å². The topological polar surface area (TPSA) is 88.4 Å². The van der Waals surface area contributed by atoms with Gasteiger partial charge in [-0.2, -0.15) is 5.26 Å². The van der Waals surface area contributed by atoms with E-state index in [1.54, 1.807) is 24.3 Å². The molecule has 0 saturated heterocycles. The molecule has 0 unspecified atom stereocenters. The van der Waals surface area contributed by atoms with E-state index in [0.717, 1.165) is 33.5 Å². The second-order valence-electron chi connectivity index (χ2n) is 7.63. The van der Waals surface area contributed by atoms with Crippen LogP contribution in [0.25, 0.3) is 17.2 Å². The average Bonchev–Trinajstić information content (AvgIpc) is 3.18. The van der Waals surface area contributed by atoms with Gasteiger partial charge in [-0.25, -0.2) is 4.79 Å². The van der Waals surface area contributed by atoms with Gasteiger partial charge in [-0.1, -0.05) is 53.5 Å². The normalized spacial score (nSPS) is 11.0. The molecule has 8 heteroatoms. The van der Waals surface area contributed by atoms with Gasteiger partial charge >= 0.3 is 5.97 Å². The molecule has 0 aliphatic carbocycles. The molecule has 35 heavy (non-hydrogen) atoms. The van der Waals surface area contributed by atoms with Gasteiger partial charge in [-0.3, -0.25) is 4.79 Å². The second kappa shape index (κ2) is 12.3. The SMILES string of the molecule is CCCCOc1ccc(/C=C(\C#N)C(=O)Nc2sc(C)c(-c3ccc(Br)cc3)c2C(=O)OC)cc1. The Morgan fingerprint density at radius 2 is 1.83 bits per heavy atom. The summed E-state index contributed by atoms with van der Waals surface area (Å²) >= 11 is 4.67. The molecule has 1 amide bonds. The quantitative estimate of drug-likeness (QED) is 0.133. The van der Waals surface area contributed by atoms with Crippen LogP contribution in [-0.2, 0) is 9.53 Å². The molecule has 1 N–H and O–H groups in total. The molecule has 6 nitrogen and oxygen atoms in total. The van der Waals surface area contributed by atoms with Crippen LogP contribution >= 0.6 is 27.3 Å². The Morgan fingerprint density at radius 3 is 2.43 bits per heavy atom. The van der Waals surface area contributed by atoms with Gasteiger partial charge in [0.1, 0.15) is 28.0 Å². The molecule has 0 atom stereocenters. The van der Waals surface area contributed by atoms with E-state index in [1.807, 2.05) is 37.3 Å². The van der Waals surface area contributed by atoms with E-state index in [4.69, 9.17) is 9.47 Å². The number of hydrogen-bond donors (Lipinski definition) is 1. The Balaban J connectivity index is 1.88. The number of aryl methyl sites for hydroxylation is 1. The first-order valence-electron chi connectivity index (χ1n) is 11.0. The minimum atomic E-state index is -0.607. The molecule has 0 bridgehead atoms. The number of anilines is 1. The van der Waals surface area contributed by atoms with Crippen LogP contribution in [-0.4, -0.2) is 25.6 Å². The monoisotopic (exact) mass is 552 g/mol. The lowest BCUT2D eigenvalue weighted by atomic mass is 10.0. The predicted octanol–water partition coefficient (Wildman–Crippen LogP) is 7.00. The minimum Gasteiger partial charge on any atom is -0.494 e. The fourth-order valence-electron chi connectivity index (χ4n) is 3.37. The van der Waals surface area contributed by atoms with Crippen LogP contribution in [0.5, 0.6) is 5.75 Å². The van der Waals surface area contributed by atoms with Gasteiger partial charge in [0, 0.05) is 14.9 Å². The van der Waals surface area contributed by atoms with Crippen molar-refractivity contribution in [3.63, 3.8) is 0 Å². The average molecular weight is 553 g/mol. The van der Waals surface area contributed by atoms with Crippen molar-refractivity contribution in [1.82, 2.24) is 0 Å². The van der Waals surface area contributed by atoms with Crippen LogP contribution in [0, 0.1) is 18.3 Å². The second-order valence-corrected chi connectivity index (χ2v) is 9.77. The fraction of sp³-hybridized carbons (Fsp3) is 0.222. The summed E-state index contributed by atoms with van der Waals surface area (Å²) in [6.07, 6.45) is 3.52. The highest BCUT2D eigenvalue weighted by molar-refractivity contribution is 9.10. The molecule has 3 aromatic rings. The minimum absolute atomic E-state index is 0.0864. The number of halogens is 1. The van der Waals surface area contributed by atoms with Gasteiger partial charge in [0.25, 0.3) is 5.91 Å². The van der Waals surface area contributed by atoms with Gasteiger partial charge in [-0.05, 0) is 54.8 Å². The van der Waals surface area contributed by atoms with Gasteiger partial charge in [0.15, 0.2) is 0 Å². The summed E-state index contributed by atoms with van der Waals surface area (Å²) in [6, 6.07) is 16.6. The highest BCUT2D eigenvalue weighted by Gasteiger charge is 2.26. The summed E-state index contributed by atoms with van der Waals surface area (Å²) in [5.74, 6) is -0.441. The van der Waals surface area contributed by atoms with E-state index < -0.39 is 11.9 Å². The zero-order valence-electron chi connectivity index (χ0n) is 19.7. The number of esters is 1. The Morgan fingerprint density at radius 1 is 1.14 bits per heavy atom. The van der Waals surface area contributed by atoms with Crippen LogP contribution in [0.2, 0.25) is 0 Å². The van der Waals surface area contributed by atoms with Gasteiger partial charge in [0.2, 0.25) is 0 Å². The number of rotatable bonds is 9. The first-order chi connectivity index (χ1) is 16.9. The standard InChI is InChI=1S/C27H25BrN2O4S/c1-4-5-14-34-22-12-6-18(7-13-22)15-20(16-29)25(31)30-26-24(27(32)33-3)23(17(2)35-26)19-8-10-21(28)11-9-19/h6-13,15H,4-5,14H2,1-3H3,(H,30,31)/b20-15+. The maximum Gasteiger partial charge on any atom is 0.341 e. The Hall–Kier alpha value is -3.41. The van der Waals surface area contributed by atoms with Crippen molar-refractivity contribution in [3.8, 4) is 22.9 Å². The third-order valence-corrected chi connectivity index (χ3v) is 6.71. The third kappa shape index (κ3) is 6.59. The summed E-state index contributed by atoms with van der Waals surface area (Å²) < 4.78 is 11.6. The summed E-state index contributed by atoms with van der Waals surface area (Å²) in [5, 5.41) is 12.7. The lowest BCUT2D eigenvalue weighted by Gasteiger charge is -2.08. The number of carbonyl (C=O) groups is 2. The zero-order chi connectivity index (χ0) is 25.4. The number of amides is 1. The lowest BCUT2D eigenvalue weighted by Crippen LogP contribution is -2.15. The molecule has 0 aliphatic rings. The van der Waals surface area contributed by atoms with Gasteiger partial charge in [-0.15, -0.1) is 11.3 Å². The van der Waals surface area contributed by atoms with Crippen molar-refractivity contribution in [3.05, 3.63) is 74.6 Å². The summed E-state index contributed by atoms with van der Waals surface area (Å²) in [4.78, 5) is 26.5. The molecule has 180 valence electrons. The zero-order valence-corrected chi connectivity index (χ0v) is 22.1. The smallest absolute Gasteiger partial charge is 0.341 e. The van der Waals surface area contributed by atoms with E-state index >= 15 is 0 Å². The molecular formula is C27H25BrN2O4S. The number of unbranched alkanes of at least 4 members (excludes halogenated alkanes) is 1. The number of hydrogen-bond acceptors (Lipinski definition) is 6. The molecule has 0 saturated carbocycles. The summed E-state index contributed by atoms with van der Waals surface area (Å²) in [7, 11) is 1.29. The van der Waals surface area contributed by atoms with Crippen LogP contribution in [0.1, 0.15) is 40.6 Å². The van der Waals surface area contributed by atoms with Crippen molar-refractivity contribution < 1.29 is 19.1 Å². The van der Waals surface area contributed by atoms with E-state index in [9.17, 15) is 14.9 Å². The van der Waals surface area contributed by atoms with Crippen LogP contribution in [0.15, 0.2) is 58.6 Å². The number of carbonyl (C=O) groups excluding carboxylic acids is 2. The number of methoxy groups -OCH3 is 1. The summed E-state index contributed by atoms with van der Waals surface area (Å²) in [5.41, 5.74) is 2.37. The fourth-order valence-corrected chi connectivity index (χ4v) is 4.70. The number of thiophene rings is 1.